The van der Waals surface area contributed by atoms with Gasteiger partial charge in [0, 0.05) is 0 Å². The smallest absolute Gasteiger partial charge is 0.118 e. The molecule has 1 heterocycles. The van der Waals surface area contributed by atoms with Gasteiger partial charge in [0.2, 0.25) is 0 Å². The van der Waals surface area contributed by atoms with Crippen LogP contribution in [-0.4, -0.2) is 18.3 Å². The van der Waals surface area contributed by atoms with E-state index in [4.69, 9.17) is 4.74 Å². The lowest BCUT2D eigenvalue weighted by Gasteiger charge is -2.03. The van der Waals surface area contributed by atoms with Crippen LogP contribution < -0.4 is 0 Å². The number of unbranched alkanes of at least 4 members (excludes halogenated alkanes) is 5. The molecule has 0 aromatic heterocycles. The van der Waals surface area contributed by atoms with E-state index < -0.39 is 0 Å². The maximum absolute atomic E-state index is 9.55. The highest BCUT2D eigenvalue weighted by molar-refractivity contribution is 5.31. The summed E-state index contributed by atoms with van der Waals surface area (Å²) in [6, 6.07) is 28.1. The molecule has 1 aliphatic rings. The van der Waals surface area contributed by atoms with Gasteiger partial charge < -0.3 is 14.6 Å². The van der Waals surface area contributed by atoms with Crippen molar-refractivity contribution < 1.29 is 14.6 Å². The van der Waals surface area contributed by atoms with Crippen molar-refractivity contribution in [1.29, 1.82) is 0 Å². The average molecular weight is 449 g/mol. The first kappa shape index (κ1) is 26.6. The van der Waals surface area contributed by atoms with Gasteiger partial charge in [0.25, 0.3) is 0 Å². The number of rotatable bonds is 11. The molecule has 3 aromatic rings. The summed E-state index contributed by atoms with van der Waals surface area (Å²) in [5, 5.41) is 9.55. The van der Waals surface area contributed by atoms with Gasteiger partial charge in [-0.15, -0.1) is 0 Å². The van der Waals surface area contributed by atoms with E-state index in [0.717, 1.165) is 25.2 Å². The van der Waals surface area contributed by atoms with Gasteiger partial charge in [-0.25, -0.2) is 0 Å². The van der Waals surface area contributed by atoms with Gasteiger partial charge in [-0.1, -0.05) is 118 Å². The molecular weight excluding hydrogens is 408 g/mol. The van der Waals surface area contributed by atoms with Crippen molar-refractivity contribution in [3.05, 3.63) is 102 Å². The Balaban J connectivity index is 0.000000207. The lowest BCUT2D eigenvalue weighted by molar-refractivity contribution is 0.107. The number of benzene rings is 3. The van der Waals surface area contributed by atoms with Crippen molar-refractivity contribution in [1.82, 2.24) is 0 Å². The van der Waals surface area contributed by atoms with Crippen LogP contribution in [0, 0.1) is 0 Å². The van der Waals surface area contributed by atoms with Gasteiger partial charge in [-0.3, -0.25) is 0 Å². The molecule has 0 amide bonds. The summed E-state index contributed by atoms with van der Waals surface area (Å²) < 4.78 is 10.1. The summed E-state index contributed by atoms with van der Waals surface area (Å²) in [4.78, 5) is 0. The summed E-state index contributed by atoms with van der Waals surface area (Å²) in [5.74, 6) is 0.450. The van der Waals surface area contributed by atoms with Crippen LogP contribution in [0.15, 0.2) is 84.9 Å². The molecular formula is C30H40O3. The van der Waals surface area contributed by atoms with Crippen LogP contribution >= 0.6 is 0 Å². The molecule has 1 fully saturated rings. The second kappa shape index (κ2) is 17.9. The molecule has 0 radical (unpaired) electrons. The van der Waals surface area contributed by atoms with Crippen molar-refractivity contribution in [3.63, 3.8) is 0 Å². The molecule has 0 unspecified atom stereocenters. The Morgan fingerprint density at radius 3 is 1.67 bits per heavy atom. The Kier molecular flexibility index (Phi) is 14.4. The predicted molar refractivity (Wildman–Crippen MR) is 137 cm³/mol. The van der Waals surface area contributed by atoms with Gasteiger partial charge in [-0.2, -0.15) is 0 Å². The normalized spacial score (nSPS) is 11.5. The molecule has 3 aromatic carbocycles. The standard InChI is InChI=1S/C14H14O.C14H22O.C2H4O/c1-3-7-13(8-4-1)11-15-12-14-9-5-2-6-10-14;1-2-3-4-5-6-7-10-13-11-8-9-12-14(13)15;1-2-3-1/h1-10H,11-12H2;8-9,11-12,15H,2-7,10H2,1H3;1-2H2. The summed E-state index contributed by atoms with van der Waals surface area (Å²) in [6.45, 7) is 5.59. The molecule has 0 spiro atoms. The van der Waals surface area contributed by atoms with Crippen molar-refractivity contribution in [3.8, 4) is 5.75 Å². The Bertz CT molecular complexity index is 789. The third-order valence-corrected chi connectivity index (χ3v) is 5.22. The molecule has 3 nitrogen and oxygen atoms in total. The number of aryl methyl sites for hydroxylation is 1. The molecule has 0 saturated carbocycles. The van der Waals surface area contributed by atoms with Gasteiger partial charge in [-0.05, 0) is 35.6 Å². The zero-order chi connectivity index (χ0) is 23.4. The minimum absolute atomic E-state index is 0.450. The van der Waals surface area contributed by atoms with E-state index in [1.54, 1.807) is 6.07 Å². The van der Waals surface area contributed by atoms with Crippen molar-refractivity contribution >= 4 is 0 Å². The molecule has 1 saturated heterocycles. The first-order valence-electron chi connectivity index (χ1n) is 12.3. The monoisotopic (exact) mass is 448 g/mol. The largest absolute Gasteiger partial charge is 0.508 e. The highest BCUT2D eigenvalue weighted by Gasteiger charge is 1.98. The lowest BCUT2D eigenvalue weighted by Crippen LogP contribution is -1.93. The van der Waals surface area contributed by atoms with E-state index in [9.17, 15) is 5.11 Å². The molecule has 0 atom stereocenters. The van der Waals surface area contributed by atoms with Crippen LogP contribution in [0.4, 0.5) is 0 Å². The number of phenolic OH excluding ortho intramolecular Hbond substituents is 1. The number of epoxide rings is 1. The van der Waals surface area contributed by atoms with E-state index >= 15 is 0 Å². The highest BCUT2D eigenvalue weighted by Crippen LogP contribution is 2.18. The number of para-hydroxylation sites is 1. The SMILES string of the molecule is C1CO1.CCCCCCCCc1ccccc1O.c1ccc(COCc2ccccc2)cc1. The van der Waals surface area contributed by atoms with E-state index in [1.807, 2.05) is 54.6 Å². The molecule has 0 bridgehead atoms. The summed E-state index contributed by atoms with van der Waals surface area (Å²) in [7, 11) is 0. The van der Waals surface area contributed by atoms with Crippen LogP contribution in [0.2, 0.25) is 0 Å². The first-order chi connectivity index (χ1) is 16.3. The van der Waals surface area contributed by atoms with Crippen LogP contribution in [0.5, 0.6) is 5.75 Å². The Morgan fingerprint density at radius 2 is 1.15 bits per heavy atom. The molecule has 0 aliphatic carbocycles. The minimum Gasteiger partial charge on any atom is -0.508 e. The topological polar surface area (TPSA) is 42.0 Å². The number of aromatic hydroxyl groups is 1. The van der Waals surface area contributed by atoms with Gasteiger partial charge >= 0.3 is 0 Å². The van der Waals surface area contributed by atoms with E-state index in [2.05, 4.69) is 35.9 Å². The maximum atomic E-state index is 9.55. The highest BCUT2D eigenvalue weighted by atomic mass is 16.6. The van der Waals surface area contributed by atoms with Crippen LogP contribution in [0.3, 0.4) is 0 Å². The van der Waals surface area contributed by atoms with Crippen molar-refractivity contribution in [2.45, 2.75) is 65.1 Å². The predicted octanol–water partition coefficient (Wildman–Crippen LogP) is 7.72. The third-order valence-electron chi connectivity index (χ3n) is 5.22. The van der Waals surface area contributed by atoms with Crippen LogP contribution in [0.1, 0.15) is 62.1 Å². The zero-order valence-electron chi connectivity index (χ0n) is 20.1. The number of phenols is 1. The molecule has 178 valence electrons. The maximum Gasteiger partial charge on any atom is 0.118 e. The fraction of sp³-hybridized carbons (Fsp3) is 0.400. The Hall–Kier alpha value is -2.62. The molecule has 33 heavy (non-hydrogen) atoms. The molecule has 4 rings (SSSR count). The quantitative estimate of drug-likeness (QED) is 0.241. The van der Waals surface area contributed by atoms with Gasteiger partial charge in [0.1, 0.15) is 5.75 Å². The number of hydrogen-bond donors (Lipinski definition) is 1. The Labute approximate surface area is 200 Å². The van der Waals surface area contributed by atoms with E-state index in [-0.39, 0.29) is 0 Å². The third kappa shape index (κ3) is 14.2. The minimum atomic E-state index is 0.450. The molecule has 1 aliphatic heterocycles. The van der Waals surface area contributed by atoms with Gasteiger partial charge in [0.05, 0.1) is 26.4 Å². The Morgan fingerprint density at radius 1 is 0.667 bits per heavy atom. The summed E-state index contributed by atoms with van der Waals surface area (Å²) in [5.41, 5.74) is 3.52. The first-order valence-corrected chi connectivity index (χ1v) is 12.3. The summed E-state index contributed by atoms with van der Waals surface area (Å²) in [6.07, 6.45) is 8.85. The number of hydrogen-bond acceptors (Lipinski definition) is 3. The molecule has 3 heteroatoms. The summed E-state index contributed by atoms with van der Waals surface area (Å²) >= 11 is 0. The van der Waals surface area contributed by atoms with Gasteiger partial charge in [0.15, 0.2) is 0 Å². The van der Waals surface area contributed by atoms with Crippen LogP contribution in [0.25, 0.3) is 0 Å². The van der Waals surface area contributed by atoms with Crippen molar-refractivity contribution in [2.24, 2.45) is 0 Å². The molecule has 1 N–H and O–H groups in total. The second-order valence-electron chi connectivity index (χ2n) is 8.22. The van der Waals surface area contributed by atoms with E-state index in [0.29, 0.717) is 19.0 Å². The second-order valence-corrected chi connectivity index (χ2v) is 8.22. The fourth-order valence-corrected chi connectivity index (χ4v) is 3.25. The fourth-order valence-electron chi connectivity index (χ4n) is 3.25. The number of ether oxygens (including phenoxy) is 2. The lowest BCUT2D eigenvalue weighted by atomic mass is 10.0. The van der Waals surface area contributed by atoms with E-state index in [1.165, 1.54) is 49.7 Å². The average Bonchev–Trinajstić information content (AvgIpc) is 3.74. The van der Waals surface area contributed by atoms with Crippen molar-refractivity contribution in [2.75, 3.05) is 13.2 Å². The van der Waals surface area contributed by atoms with Crippen LogP contribution in [-0.2, 0) is 29.1 Å². The zero-order valence-corrected chi connectivity index (χ0v) is 20.1.